The molecule has 4 nitrogen and oxygen atoms in total. The lowest BCUT2D eigenvalue weighted by molar-refractivity contribution is 0.250. The van der Waals surface area contributed by atoms with Crippen molar-refractivity contribution in [3.8, 4) is 11.3 Å². The van der Waals surface area contributed by atoms with Gasteiger partial charge in [-0.15, -0.1) is 11.3 Å². The zero-order chi connectivity index (χ0) is 13.8. The summed E-state index contributed by atoms with van der Waals surface area (Å²) in [6, 6.07) is 8.04. The van der Waals surface area contributed by atoms with Crippen LogP contribution in [-0.2, 0) is 0 Å². The summed E-state index contributed by atoms with van der Waals surface area (Å²) in [5, 5.41) is 8.04. The van der Waals surface area contributed by atoms with Gasteiger partial charge in [0.1, 0.15) is 0 Å². The Labute approximate surface area is 116 Å². The molecule has 0 radical (unpaired) electrons. The topological polar surface area (TPSA) is 54.0 Å². The number of amides is 2. The third kappa shape index (κ3) is 3.79. The number of nitrogens with one attached hydrogen (secondary N) is 2. The number of hydrogen-bond acceptors (Lipinski definition) is 3. The predicted molar refractivity (Wildman–Crippen MR) is 79.6 cm³/mol. The fourth-order valence-corrected chi connectivity index (χ4v) is 2.30. The lowest BCUT2D eigenvalue weighted by Crippen LogP contribution is -2.34. The van der Waals surface area contributed by atoms with E-state index in [-0.39, 0.29) is 12.1 Å². The molecule has 19 heavy (non-hydrogen) atoms. The highest BCUT2D eigenvalue weighted by Gasteiger charge is 2.08. The van der Waals surface area contributed by atoms with Crippen LogP contribution in [0.2, 0.25) is 0 Å². The number of carbonyl (C=O) groups excluding carboxylic acids is 1. The molecule has 1 aromatic heterocycles. The summed E-state index contributed by atoms with van der Waals surface area (Å²) in [5.74, 6) is 0. The van der Waals surface area contributed by atoms with Gasteiger partial charge in [-0.05, 0) is 20.8 Å². The van der Waals surface area contributed by atoms with E-state index in [0.717, 1.165) is 11.3 Å². The van der Waals surface area contributed by atoms with Crippen LogP contribution in [0.3, 0.4) is 0 Å². The SMILES string of the molecule is Cc1ccc(-c2csc(NC(=O)NC(C)C)n2)cc1. The Morgan fingerprint density at radius 3 is 2.58 bits per heavy atom. The van der Waals surface area contributed by atoms with Gasteiger partial charge in [0, 0.05) is 17.0 Å². The van der Waals surface area contributed by atoms with Crippen LogP contribution in [0.1, 0.15) is 19.4 Å². The summed E-state index contributed by atoms with van der Waals surface area (Å²) in [7, 11) is 0. The zero-order valence-electron chi connectivity index (χ0n) is 11.2. The Hall–Kier alpha value is -1.88. The number of aryl methyl sites for hydroxylation is 1. The summed E-state index contributed by atoms with van der Waals surface area (Å²) < 4.78 is 0. The van der Waals surface area contributed by atoms with E-state index in [0.29, 0.717) is 5.13 Å². The molecule has 5 heteroatoms. The van der Waals surface area contributed by atoms with Gasteiger partial charge in [0.15, 0.2) is 5.13 Å². The van der Waals surface area contributed by atoms with Gasteiger partial charge < -0.3 is 5.32 Å². The van der Waals surface area contributed by atoms with E-state index in [9.17, 15) is 4.79 Å². The first-order chi connectivity index (χ1) is 9.04. The van der Waals surface area contributed by atoms with Gasteiger partial charge in [-0.25, -0.2) is 9.78 Å². The van der Waals surface area contributed by atoms with Gasteiger partial charge in [0.25, 0.3) is 0 Å². The molecule has 0 bridgehead atoms. The van der Waals surface area contributed by atoms with Crippen molar-refractivity contribution >= 4 is 22.5 Å². The summed E-state index contributed by atoms with van der Waals surface area (Å²) in [6.45, 7) is 5.88. The second-order valence-corrected chi connectivity index (χ2v) is 5.52. The predicted octanol–water partition coefficient (Wildman–Crippen LogP) is 3.65. The number of urea groups is 1. The van der Waals surface area contributed by atoms with E-state index in [1.165, 1.54) is 16.9 Å². The monoisotopic (exact) mass is 275 g/mol. The van der Waals surface area contributed by atoms with Gasteiger partial charge in [-0.3, -0.25) is 5.32 Å². The summed E-state index contributed by atoms with van der Waals surface area (Å²) in [5.41, 5.74) is 3.15. The molecule has 0 aliphatic carbocycles. The Morgan fingerprint density at radius 2 is 1.95 bits per heavy atom. The van der Waals surface area contributed by atoms with E-state index >= 15 is 0 Å². The molecule has 0 saturated carbocycles. The third-order valence-corrected chi connectivity index (χ3v) is 3.25. The van der Waals surface area contributed by atoms with Crippen LogP contribution in [0.15, 0.2) is 29.6 Å². The molecule has 0 aliphatic heterocycles. The number of thiazole rings is 1. The number of anilines is 1. The lowest BCUT2D eigenvalue weighted by Gasteiger charge is -2.07. The molecule has 0 spiro atoms. The molecule has 0 unspecified atom stereocenters. The third-order valence-electron chi connectivity index (χ3n) is 2.49. The first kappa shape index (κ1) is 13.5. The van der Waals surface area contributed by atoms with Crippen molar-refractivity contribution < 1.29 is 4.79 Å². The molecule has 1 aromatic carbocycles. The lowest BCUT2D eigenvalue weighted by atomic mass is 10.1. The molecule has 2 rings (SSSR count). The molecule has 2 aromatic rings. The first-order valence-electron chi connectivity index (χ1n) is 6.14. The first-order valence-corrected chi connectivity index (χ1v) is 7.02. The minimum Gasteiger partial charge on any atom is -0.336 e. The maximum Gasteiger partial charge on any atom is 0.321 e. The molecule has 0 atom stereocenters. The van der Waals surface area contributed by atoms with Crippen molar-refractivity contribution in [2.24, 2.45) is 0 Å². The molecular weight excluding hydrogens is 258 g/mol. The maximum absolute atomic E-state index is 11.6. The Morgan fingerprint density at radius 1 is 1.26 bits per heavy atom. The molecule has 1 heterocycles. The molecule has 2 N–H and O–H groups in total. The second kappa shape index (κ2) is 5.84. The maximum atomic E-state index is 11.6. The van der Waals surface area contributed by atoms with Crippen molar-refractivity contribution in [2.45, 2.75) is 26.8 Å². The van der Waals surface area contributed by atoms with E-state index in [4.69, 9.17) is 0 Å². The Bertz CT molecular complexity index is 560. The zero-order valence-corrected chi connectivity index (χ0v) is 12.0. The van der Waals surface area contributed by atoms with Crippen molar-refractivity contribution in [1.29, 1.82) is 0 Å². The fourth-order valence-electron chi connectivity index (χ4n) is 1.58. The van der Waals surface area contributed by atoms with Gasteiger partial charge in [0.2, 0.25) is 0 Å². The molecule has 0 aliphatic rings. The number of rotatable bonds is 3. The summed E-state index contributed by atoms with van der Waals surface area (Å²) >= 11 is 1.42. The van der Waals surface area contributed by atoms with Crippen LogP contribution >= 0.6 is 11.3 Å². The van der Waals surface area contributed by atoms with Crippen LogP contribution in [0.5, 0.6) is 0 Å². The molecule has 100 valence electrons. The highest BCUT2D eigenvalue weighted by atomic mass is 32.1. The average molecular weight is 275 g/mol. The minimum absolute atomic E-state index is 0.108. The Kier molecular flexibility index (Phi) is 4.16. The average Bonchev–Trinajstić information content (AvgIpc) is 2.77. The normalized spacial score (nSPS) is 10.5. The smallest absolute Gasteiger partial charge is 0.321 e. The number of nitrogens with zero attached hydrogens (tertiary/aromatic N) is 1. The van der Waals surface area contributed by atoms with E-state index in [1.807, 2.05) is 50.4 Å². The van der Waals surface area contributed by atoms with Crippen molar-refractivity contribution in [2.75, 3.05) is 5.32 Å². The largest absolute Gasteiger partial charge is 0.336 e. The molecule has 2 amide bonds. The van der Waals surface area contributed by atoms with Crippen LogP contribution in [0, 0.1) is 6.92 Å². The summed E-state index contributed by atoms with van der Waals surface area (Å²) in [4.78, 5) is 16.0. The minimum atomic E-state index is -0.222. The molecule has 0 saturated heterocycles. The highest BCUT2D eigenvalue weighted by molar-refractivity contribution is 7.14. The van der Waals surface area contributed by atoms with Crippen LogP contribution in [0.4, 0.5) is 9.93 Å². The van der Waals surface area contributed by atoms with E-state index < -0.39 is 0 Å². The number of aromatic nitrogens is 1. The molecule has 0 fully saturated rings. The number of carbonyl (C=O) groups is 1. The van der Waals surface area contributed by atoms with Gasteiger partial charge in [0.05, 0.1) is 5.69 Å². The van der Waals surface area contributed by atoms with Crippen molar-refractivity contribution in [1.82, 2.24) is 10.3 Å². The summed E-state index contributed by atoms with van der Waals surface area (Å²) in [6.07, 6.45) is 0. The van der Waals surface area contributed by atoms with E-state index in [1.54, 1.807) is 0 Å². The standard InChI is InChI=1S/C14H17N3OS/c1-9(2)15-13(18)17-14-16-12(8-19-14)11-6-4-10(3)5-7-11/h4-9H,1-3H3,(H2,15,16,17,18). The molecular formula is C14H17N3OS. The fraction of sp³-hybridized carbons (Fsp3) is 0.286. The van der Waals surface area contributed by atoms with Crippen molar-refractivity contribution in [3.05, 3.63) is 35.2 Å². The second-order valence-electron chi connectivity index (χ2n) is 4.66. The Balaban J connectivity index is 2.07. The highest BCUT2D eigenvalue weighted by Crippen LogP contribution is 2.24. The van der Waals surface area contributed by atoms with Gasteiger partial charge in [-0.2, -0.15) is 0 Å². The quantitative estimate of drug-likeness (QED) is 0.898. The van der Waals surface area contributed by atoms with Crippen molar-refractivity contribution in [3.63, 3.8) is 0 Å². The van der Waals surface area contributed by atoms with Crippen LogP contribution < -0.4 is 10.6 Å². The number of benzene rings is 1. The van der Waals surface area contributed by atoms with Crippen LogP contribution in [-0.4, -0.2) is 17.1 Å². The van der Waals surface area contributed by atoms with Crippen LogP contribution in [0.25, 0.3) is 11.3 Å². The number of hydrogen-bond donors (Lipinski definition) is 2. The van der Waals surface area contributed by atoms with Gasteiger partial charge in [-0.1, -0.05) is 29.8 Å². The van der Waals surface area contributed by atoms with E-state index in [2.05, 4.69) is 15.6 Å². The van der Waals surface area contributed by atoms with Gasteiger partial charge >= 0.3 is 6.03 Å².